The smallest absolute Gasteiger partial charge is 0.0417 e. The Bertz CT molecular complexity index is 132. The first-order chi connectivity index (χ1) is 8.44. The Kier molecular flexibility index (Phi) is 15.2. The summed E-state index contributed by atoms with van der Waals surface area (Å²) in [6, 6.07) is 0. The summed E-state index contributed by atoms with van der Waals surface area (Å²) in [4.78, 5) is 0. The number of hydrogen-bond acceptors (Lipinski definition) is 0. The maximum Gasteiger partial charge on any atom is -0.0417 e. The molecule has 0 N–H and O–H groups in total. The number of rotatable bonds is 8. The largest absolute Gasteiger partial charge is 0.0654 e. The monoisotopic (exact) mass is 256 g/mol. The van der Waals surface area contributed by atoms with Crippen LogP contribution < -0.4 is 0 Å². The summed E-state index contributed by atoms with van der Waals surface area (Å²) in [5, 5.41) is 0. The minimum Gasteiger partial charge on any atom is -0.0654 e. The zero-order valence-corrected chi connectivity index (χ0v) is 14.6. The highest BCUT2D eigenvalue weighted by molar-refractivity contribution is 4.59. The molecule has 0 radical (unpaired) electrons. The Balaban J connectivity index is 0. The fourth-order valence-electron chi connectivity index (χ4n) is 2.28. The van der Waals surface area contributed by atoms with Crippen LogP contribution in [0.15, 0.2) is 0 Å². The second-order valence-electron chi connectivity index (χ2n) is 6.30. The van der Waals surface area contributed by atoms with Crippen molar-refractivity contribution in [1.29, 1.82) is 0 Å². The molecule has 112 valence electrons. The third-order valence-electron chi connectivity index (χ3n) is 4.72. The first-order valence-corrected chi connectivity index (χ1v) is 8.44. The highest BCUT2D eigenvalue weighted by atomic mass is 14.1. The third-order valence-corrected chi connectivity index (χ3v) is 4.72. The van der Waals surface area contributed by atoms with Crippen LogP contribution in [0.5, 0.6) is 0 Å². The zero-order chi connectivity index (χ0) is 14.6. The van der Waals surface area contributed by atoms with E-state index < -0.39 is 0 Å². The van der Waals surface area contributed by atoms with Gasteiger partial charge in [-0.25, -0.2) is 0 Å². The summed E-state index contributed by atoms with van der Waals surface area (Å²) in [6.45, 7) is 18.5. The predicted molar refractivity (Wildman–Crippen MR) is 87.1 cm³/mol. The molecule has 0 aromatic carbocycles. The van der Waals surface area contributed by atoms with Crippen LogP contribution in [-0.4, -0.2) is 0 Å². The molecule has 0 spiro atoms. The van der Waals surface area contributed by atoms with Gasteiger partial charge in [0.1, 0.15) is 0 Å². The second kappa shape index (κ2) is 13.4. The van der Waals surface area contributed by atoms with Crippen LogP contribution in [0.2, 0.25) is 0 Å². The molecule has 0 heterocycles. The molecule has 0 saturated carbocycles. The van der Waals surface area contributed by atoms with Gasteiger partial charge in [-0.1, -0.05) is 93.9 Å². The summed E-state index contributed by atoms with van der Waals surface area (Å²) in [7, 11) is 0. The molecule has 0 aromatic heterocycles. The van der Waals surface area contributed by atoms with Crippen molar-refractivity contribution in [2.24, 2.45) is 23.7 Å². The molecule has 0 heteroatoms. The summed E-state index contributed by atoms with van der Waals surface area (Å²) in [5.74, 6) is 3.70. The maximum absolute atomic E-state index is 2.36. The first kappa shape index (κ1) is 20.3. The second-order valence-corrected chi connectivity index (χ2v) is 6.30. The van der Waals surface area contributed by atoms with Crippen molar-refractivity contribution in [3.05, 3.63) is 0 Å². The molecule has 4 unspecified atom stereocenters. The van der Waals surface area contributed by atoms with Gasteiger partial charge in [-0.3, -0.25) is 0 Å². The number of hydrogen-bond donors (Lipinski definition) is 0. The van der Waals surface area contributed by atoms with Crippen LogP contribution in [0.1, 0.15) is 93.9 Å². The van der Waals surface area contributed by atoms with E-state index in [1.165, 1.54) is 38.5 Å². The molecule has 0 aliphatic heterocycles. The van der Waals surface area contributed by atoms with Crippen molar-refractivity contribution < 1.29 is 0 Å². The van der Waals surface area contributed by atoms with Gasteiger partial charge in [-0.15, -0.1) is 0 Å². The molecule has 0 fully saturated rings. The van der Waals surface area contributed by atoms with Crippen molar-refractivity contribution in [1.82, 2.24) is 0 Å². The third kappa shape index (κ3) is 11.1. The minimum atomic E-state index is 0.921. The Morgan fingerprint density at radius 1 is 0.500 bits per heavy atom. The lowest BCUT2D eigenvalue weighted by molar-refractivity contribution is 0.352. The van der Waals surface area contributed by atoms with Gasteiger partial charge >= 0.3 is 0 Å². The molecule has 0 nitrogen and oxygen atoms in total. The molecule has 0 bridgehead atoms. The van der Waals surface area contributed by atoms with Crippen LogP contribution in [0.25, 0.3) is 0 Å². The van der Waals surface area contributed by atoms with Crippen molar-refractivity contribution in [3.8, 4) is 0 Å². The van der Waals surface area contributed by atoms with Gasteiger partial charge in [0.05, 0.1) is 0 Å². The lowest BCUT2D eigenvalue weighted by Crippen LogP contribution is -2.05. The van der Waals surface area contributed by atoms with Crippen LogP contribution in [0, 0.1) is 23.7 Å². The average Bonchev–Trinajstić information content (AvgIpc) is 2.38. The van der Waals surface area contributed by atoms with Crippen LogP contribution in [-0.2, 0) is 0 Å². The topological polar surface area (TPSA) is 0 Å². The normalized spacial score (nSPS) is 17.3. The van der Waals surface area contributed by atoms with Gasteiger partial charge in [0.25, 0.3) is 0 Å². The Labute approximate surface area is 118 Å². The van der Waals surface area contributed by atoms with E-state index in [0.29, 0.717) is 0 Å². The molecule has 0 aliphatic carbocycles. The molecule has 4 atom stereocenters. The molecular weight excluding hydrogens is 216 g/mol. The summed E-state index contributed by atoms with van der Waals surface area (Å²) in [5.41, 5.74) is 0. The Morgan fingerprint density at radius 3 is 0.944 bits per heavy atom. The first-order valence-electron chi connectivity index (χ1n) is 8.44. The Hall–Kier alpha value is 0. The van der Waals surface area contributed by atoms with Gasteiger partial charge in [0, 0.05) is 0 Å². The van der Waals surface area contributed by atoms with E-state index in [1.807, 2.05) is 0 Å². The molecule has 0 saturated heterocycles. The van der Waals surface area contributed by atoms with E-state index >= 15 is 0 Å². The van der Waals surface area contributed by atoms with Gasteiger partial charge in [0.2, 0.25) is 0 Å². The van der Waals surface area contributed by atoms with Crippen molar-refractivity contribution in [3.63, 3.8) is 0 Å². The van der Waals surface area contributed by atoms with Crippen LogP contribution >= 0.6 is 0 Å². The lowest BCUT2D eigenvalue weighted by atomic mass is 9.90. The fourth-order valence-corrected chi connectivity index (χ4v) is 2.28. The quantitative estimate of drug-likeness (QED) is 0.441. The predicted octanol–water partition coefficient (Wildman–Crippen LogP) is 6.94. The molecule has 0 rings (SSSR count). The lowest BCUT2D eigenvalue weighted by Gasteiger charge is -2.16. The summed E-state index contributed by atoms with van der Waals surface area (Å²) < 4.78 is 0. The fraction of sp³-hybridized carbons (Fsp3) is 1.00. The summed E-state index contributed by atoms with van der Waals surface area (Å²) >= 11 is 0. The molecule has 18 heavy (non-hydrogen) atoms. The van der Waals surface area contributed by atoms with E-state index in [-0.39, 0.29) is 0 Å². The van der Waals surface area contributed by atoms with Gasteiger partial charge in [-0.05, 0) is 23.7 Å². The van der Waals surface area contributed by atoms with Gasteiger partial charge < -0.3 is 0 Å². The highest BCUT2D eigenvalue weighted by Crippen LogP contribution is 2.19. The van der Waals surface area contributed by atoms with Crippen LogP contribution in [0.4, 0.5) is 0 Å². The SMILES string of the molecule is CCCC(C)C(C)CC.CCCC(C)C(C)CC. The van der Waals surface area contributed by atoms with E-state index in [4.69, 9.17) is 0 Å². The van der Waals surface area contributed by atoms with Gasteiger partial charge in [0.15, 0.2) is 0 Å². The maximum atomic E-state index is 2.36. The van der Waals surface area contributed by atoms with Crippen molar-refractivity contribution in [2.75, 3.05) is 0 Å². The van der Waals surface area contributed by atoms with Crippen LogP contribution in [0.3, 0.4) is 0 Å². The molecular formula is C18H40. The van der Waals surface area contributed by atoms with Gasteiger partial charge in [-0.2, -0.15) is 0 Å². The minimum absolute atomic E-state index is 0.921. The van der Waals surface area contributed by atoms with Crippen molar-refractivity contribution >= 4 is 0 Å². The standard InChI is InChI=1S/2C9H20/c2*1-5-7-9(4)8(3)6-2/h2*8-9H,5-7H2,1-4H3. The zero-order valence-electron chi connectivity index (χ0n) is 14.6. The molecule has 0 aliphatic rings. The Morgan fingerprint density at radius 2 is 0.778 bits per heavy atom. The van der Waals surface area contributed by atoms with E-state index in [0.717, 1.165) is 23.7 Å². The molecule has 0 aromatic rings. The van der Waals surface area contributed by atoms with E-state index in [1.54, 1.807) is 0 Å². The van der Waals surface area contributed by atoms with Crippen molar-refractivity contribution in [2.45, 2.75) is 93.9 Å². The molecule has 0 amide bonds. The van der Waals surface area contributed by atoms with E-state index in [2.05, 4.69) is 55.4 Å². The average molecular weight is 257 g/mol. The summed E-state index contributed by atoms with van der Waals surface area (Å²) in [6.07, 6.45) is 8.14. The highest BCUT2D eigenvalue weighted by Gasteiger charge is 2.08. The van der Waals surface area contributed by atoms with E-state index in [9.17, 15) is 0 Å².